The largest absolute Gasteiger partial charge is 0.409 e. The van der Waals surface area contributed by atoms with E-state index in [-0.39, 0.29) is 17.4 Å². The molecular formula is C8H10N4O2. The van der Waals surface area contributed by atoms with Gasteiger partial charge in [0.15, 0.2) is 5.84 Å². The minimum atomic E-state index is -0.281. The third-order valence-corrected chi connectivity index (χ3v) is 1.63. The van der Waals surface area contributed by atoms with E-state index < -0.39 is 0 Å². The Morgan fingerprint density at radius 2 is 2.36 bits per heavy atom. The fourth-order valence-corrected chi connectivity index (χ4v) is 0.866. The van der Waals surface area contributed by atoms with Gasteiger partial charge < -0.3 is 16.3 Å². The summed E-state index contributed by atoms with van der Waals surface area (Å²) in [6.07, 6.45) is 1.36. The molecule has 74 valence electrons. The van der Waals surface area contributed by atoms with Gasteiger partial charge in [-0.25, -0.2) is 0 Å². The van der Waals surface area contributed by atoms with Gasteiger partial charge in [0.05, 0.1) is 0 Å². The van der Waals surface area contributed by atoms with Gasteiger partial charge in [0, 0.05) is 18.8 Å². The monoisotopic (exact) mass is 194 g/mol. The molecule has 0 aromatic carbocycles. The van der Waals surface area contributed by atoms with E-state index in [2.05, 4.69) is 15.5 Å². The van der Waals surface area contributed by atoms with E-state index in [1.165, 1.54) is 19.3 Å². The molecule has 6 nitrogen and oxygen atoms in total. The summed E-state index contributed by atoms with van der Waals surface area (Å²) in [5.41, 5.74) is 6.05. The highest BCUT2D eigenvalue weighted by molar-refractivity contribution is 5.98. The maximum Gasteiger partial charge on any atom is 0.269 e. The van der Waals surface area contributed by atoms with E-state index in [0.29, 0.717) is 5.56 Å². The molecule has 0 bridgehead atoms. The molecule has 14 heavy (non-hydrogen) atoms. The zero-order valence-corrected chi connectivity index (χ0v) is 7.56. The Kier molecular flexibility index (Phi) is 3.01. The van der Waals surface area contributed by atoms with Gasteiger partial charge in [-0.15, -0.1) is 0 Å². The van der Waals surface area contributed by atoms with Crippen LogP contribution in [-0.4, -0.2) is 29.0 Å². The molecule has 1 rings (SSSR count). The molecule has 0 spiro atoms. The molecule has 6 heteroatoms. The smallest absolute Gasteiger partial charge is 0.269 e. The van der Waals surface area contributed by atoms with Crippen LogP contribution in [0.4, 0.5) is 0 Å². The fourth-order valence-electron chi connectivity index (χ4n) is 0.866. The minimum absolute atomic E-state index is 0.0408. The second kappa shape index (κ2) is 4.22. The molecule has 4 N–H and O–H groups in total. The van der Waals surface area contributed by atoms with Crippen LogP contribution in [0.2, 0.25) is 0 Å². The zero-order chi connectivity index (χ0) is 10.6. The first-order chi connectivity index (χ1) is 6.69. The molecule has 1 heterocycles. The van der Waals surface area contributed by atoms with Crippen LogP contribution in [0.15, 0.2) is 23.5 Å². The van der Waals surface area contributed by atoms with E-state index in [1.54, 1.807) is 6.07 Å². The average Bonchev–Trinajstić information content (AvgIpc) is 2.27. The summed E-state index contributed by atoms with van der Waals surface area (Å²) in [5, 5.41) is 13.6. The fraction of sp³-hybridized carbons (Fsp3) is 0.125. The lowest BCUT2D eigenvalue weighted by Crippen LogP contribution is -2.20. The van der Waals surface area contributed by atoms with Crippen LogP contribution in [0.5, 0.6) is 0 Å². The summed E-state index contributed by atoms with van der Waals surface area (Å²) in [5.74, 6) is -0.322. The van der Waals surface area contributed by atoms with Gasteiger partial charge in [-0.2, -0.15) is 0 Å². The number of carbonyl (C=O) groups is 1. The first kappa shape index (κ1) is 9.97. The van der Waals surface area contributed by atoms with E-state index in [9.17, 15) is 4.79 Å². The number of carbonyl (C=O) groups excluding carboxylic acids is 1. The molecular weight excluding hydrogens is 184 g/mol. The van der Waals surface area contributed by atoms with E-state index in [0.717, 1.165) is 0 Å². The normalized spacial score (nSPS) is 11.1. The maximum absolute atomic E-state index is 11.1. The Morgan fingerprint density at radius 1 is 1.64 bits per heavy atom. The van der Waals surface area contributed by atoms with Gasteiger partial charge in [-0.05, 0) is 12.1 Å². The standard InChI is InChI=1S/C8H10N4O2/c1-10-8(13)6-3-2-5(4-11-6)7(9)12-14/h2-4,14H,1H3,(H2,9,12)(H,10,13). The molecule has 0 aliphatic heterocycles. The zero-order valence-electron chi connectivity index (χ0n) is 7.56. The number of nitrogens with two attached hydrogens (primary N) is 1. The summed E-state index contributed by atoms with van der Waals surface area (Å²) in [6.45, 7) is 0. The number of rotatable bonds is 2. The highest BCUT2D eigenvalue weighted by atomic mass is 16.4. The number of nitrogens with zero attached hydrogens (tertiary/aromatic N) is 2. The lowest BCUT2D eigenvalue weighted by Gasteiger charge is -2.00. The molecule has 0 radical (unpaired) electrons. The van der Waals surface area contributed by atoms with Crippen molar-refractivity contribution in [2.75, 3.05) is 7.05 Å². The molecule has 0 atom stereocenters. The highest BCUT2D eigenvalue weighted by Crippen LogP contribution is 1.99. The Labute approximate surface area is 80.4 Å². The van der Waals surface area contributed by atoms with Crippen molar-refractivity contribution < 1.29 is 10.0 Å². The molecule has 0 unspecified atom stereocenters. The Bertz CT molecular complexity index is 358. The predicted molar refractivity (Wildman–Crippen MR) is 50.1 cm³/mol. The number of nitrogens with one attached hydrogen (secondary N) is 1. The second-order valence-corrected chi connectivity index (χ2v) is 2.50. The first-order valence-corrected chi connectivity index (χ1v) is 3.85. The summed E-state index contributed by atoms with van der Waals surface area (Å²) in [7, 11) is 1.52. The van der Waals surface area contributed by atoms with Crippen molar-refractivity contribution in [1.82, 2.24) is 10.3 Å². The van der Waals surface area contributed by atoms with Crippen molar-refractivity contribution in [1.29, 1.82) is 0 Å². The summed E-state index contributed by atoms with van der Waals surface area (Å²) < 4.78 is 0. The number of hydrogen-bond acceptors (Lipinski definition) is 4. The first-order valence-electron chi connectivity index (χ1n) is 3.85. The summed E-state index contributed by atoms with van der Waals surface area (Å²) in [6, 6.07) is 3.04. The van der Waals surface area contributed by atoms with Crippen molar-refractivity contribution in [3.8, 4) is 0 Å². The topological polar surface area (TPSA) is 101 Å². The predicted octanol–water partition coefficient (Wildman–Crippen LogP) is -0.464. The van der Waals surface area contributed by atoms with E-state index in [1.807, 2.05) is 0 Å². The molecule has 1 aromatic rings. The van der Waals surface area contributed by atoms with Crippen molar-refractivity contribution >= 4 is 11.7 Å². The number of amides is 1. The molecule has 0 fully saturated rings. The number of pyridine rings is 1. The average molecular weight is 194 g/mol. The van der Waals surface area contributed by atoms with Crippen LogP contribution in [-0.2, 0) is 0 Å². The van der Waals surface area contributed by atoms with Crippen molar-refractivity contribution in [3.05, 3.63) is 29.6 Å². The second-order valence-electron chi connectivity index (χ2n) is 2.50. The third-order valence-electron chi connectivity index (χ3n) is 1.63. The molecule has 0 aliphatic rings. The molecule has 0 aliphatic carbocycles. The summed E-state index contributed by atoms with van der Waals surface area (Å²) in [4.78, 5) is 14.9. The van der Waals surface area contributed by atoms with Crippen LogP contribution in [0.25, 0.3) is 0 Å². The van der Waals surface area contributed by atoms with Crippen molar-refractivity contribution in [2.24, 2.45) is 10.9 Å². The van der Waals surface area contributed by atoms with E-state index >= 15 is 0 Å². The third kappa shape index (κ3) is 1.98. The van der Waals surface area contributed by atoms with Crippen LogP contribution in [0.3, 0.4) is 0 Å². The molecule has 1 aromatic heterocycles. The quantitative estimate of drug-likeness (QED) is 0.256. The summed E-state index contributed by atoms with van der Waals surface area (Å²) >= 11 is 0. The molecule has 0 saturated heterocycles. The SMILES string of the molecule is CNC(=O)c1ccc(/C(N)=N/O)cn1. The molecule has 0 saturated carbocycles. The number of amidine groups is 1. The number of oxime groups is 1. The van der Waals surface area contributed by atoms with Crippen LogP contribution < -0.4 is 11.1 Å². The maximum atomic E-state index is 11.1. The van der Waals surface area contributed by atoms with E-state index in [4.69, 9.17) is 10.9 Å². The van der Waals surface area contributed by atoms with Gasteiger partial charge in [0.25, 0.3) is 5.91 Å². The van der Waals surface area contributed by atoms with Gasteiger partial charge in [-0.1, -0.05) is 5.16 Å². The van der Waals surface area contributed by atoms with Crippen LogP contribution in [0.1, 0.15) is 16.1 Å². The van der Waals surface area contributed by atoms with Crippen molar-refractivity contribution in [3.63, 3.8) is 0 Å². The Morgan fingerprint density at radius 3 is 2.79 bits per heavy atom. The minimum Gasteiger partial charge on any atom is -0.409 e. The van der Waals surface area contributed by atoms with Crippen LogP contribution >= 0.6 is 0 Å². The lowest BCUT2D eigenvalue weighted by atomic mass is 10.2. The highest BCUT2D eigenvalue weighted by Gasteiger charge is 2.05. The Balaban J connectivity index is 2.95. The Hall–Kier alpha value is -2.11. The van der Waals surface area contributed by atoms with Crippen molar-refractivity contribution in [2.45, 2.75) is 0 Å². The van der Waals surface area contributed by atoms with Gasteiger partial charge in [0.1, 0.15) is 5.69 Å². The van der Waals surface area contributed by atoms with Gasteiger partial charge in [0.2, 0.25) is 0 Å². The number of hydrogen-bond donors (Lipinski definition) is 3. The lowest BCUT2D eigenvalue weighted by molar-refractivity contribution is 0.0958. The van der Waals surface area contributed by atoms with Gasteiger partial charge in [-0.3, -0.25) is 9.78 Å². The molecule has 1 amide bonds. The number of aromatic nitrogens is 1. The van der Waals surface area contributed by atoms with Gasteiger partial charge >= 0.3 is 0 Å². The van der Waals surface area contributed by atoms with Crippen LogP contribution in [0, 0.1) is 0 Å².